The van der Waals surface area contributed by atoms with Crippen LogP contribution >= 0.6 is 0 Å². The Morgan fingerprint density at radius 2 is 1.74 bits per heavy atom. The summed E-state index contributed by atoms with van der Waals surface area (Å²) < 4.78 is 15.8. The van der Waals surface area contributed by atoms with Crippen LogP contribution in [-0.2, 0) is 13.0 Å². The summed E-state index contributed by atoms with van der Waals surface area (Å²) in [5.74, 6) is 2.20. The number of H-pyrrole nitrogens is 1. The predicted molar refractivity (Wildman–Crippen MR) is 106 cm³/mol. The van der Waals surface area contributed by atoms with Gasteiger partial charge in [-0.2, -0.15) is 0 Å². The van der Waals surface area contributed by atoms with Crippen molar-refractivity contribution in [1.29, 1.82) is 0 Å². The van der Waals surface area contributed by atoms with Crippen molar-refractivity contribution in [3.8, 4) is 17.2 Å². The molecule has 0 fully saturated rings. The zero-order chi connectivity index (χ0) is 19.2. The van der Waals surface area contributed by atoms with E-state index in [1.807, 2.05) is 42.5 Å². The van der Waals surface area contributed by atoms with Crippen molar-refractivity contribution in [3.05, 3.63) is 63.9 Å². The van der Waals surface area contributed by atoms with Crippen molar-refractivity contribution in [2.45, 2.75) is 13.0 Å². The molecule has 1 aromatic heterocycles. The first kappa shape index (κ1) is 18.8. The summed E-state index contributed by atoms with van der Waals surface area (Å²) in [6, 6.07) is 13.4. The summed E-state index contributed by atoms with van der Waals surface area (Å²) in [5.41, 5.74) is 2.56. The van der Waals surface area contributed by atoms with Gasteiger partial charge in [-0.1, -0.05) is 6.07 Å². The molecule has 2 aromatic carbocycles. The molecule has 0 aliphatic carbocycles. The van der Waals surface area contributed by atoms with Crippen LogP contribution in [0.4, 0.5) is 0 Å². The third-order valence-corrected chi connectivity index (χ3v) is 4.48. The fourth-order valence-corrected chi connectivity index (χ4v) is 2.98. The average Bonchev–Trinajstić information content (AvgIpc) is 2.70. The van der Waals surface area contributed by atoms with Gasteiger partial charge in [-0.25, -0.2) is 0 Å². The third-order valence-electron chi connectivity index (χ3n) is 4.48. The zero-order valence-corrected chi connectivity index (χ0v) is 15.8. The van der Waals surface area contributed by atoms with Crippen LogP contribution in [0.1, 0.15) is 11.1 Å². The summed E-state index contributed by atoms with van der Waals surface area (Å²) in [7, 11) is 4.88. The van der Waals surface area contributed by atoms with E-state index in [-0.39, 0.29) is 5.56 Å². The van der Waals surface area contributed by atoms with E-state index >= 15 is 0 Å². The molecular formula is C21H24N2O4. The maximum Gasteiger partial charge on any atom is 0.252 e. The number of methoxy groups -OCH3 is 3. The molecule has 0 aliphatic rings. The van der Waals surface area contributed by atoms with Crippen LogP contribution in [0.2, 0.25) is 0 Å². The second-order valence-electron chi connectivity index (χ2n) is 6.19. The smallest absolute Gasteiger partial charge is 0.252 e. The minimum Gasteiger partial charge on any atom is -0.497 e. The maximum absolute atomic E-state index is 12.2. The van der Waals surface area contributed by atoms with Gasteiger partial charge < -0.3 is 24.5 Å². The highest BCUT2D eigenvalue weighted by Gasteiger charge is 2.06. The minimum absolute atomic E-state index is 0.0775. The van der Waals surface area contributed by atoms with E-state index in [1.165, 1.54) is 0 Å². The number of hydrogen-bond acceptors (Lipinski definition) is 5. The molecule has 0 spiro atoms. The summed E-state index contributed by atoms with van der Waals surface area (Å²) in [4.78, 5) is 15.2. The highest BCUT2D eigenvalue weighted by Crippen LogP contribution is 2.27. The molecular weight excluding hydrogens is 344 g/mol. The molecule has 2 N–H and O–H groups in total. The Balaban J connectivity index is 1.63. The highest BCUT2D eigenvalue weighted by atomic mass is 16.5. The van der Waals surface area contributed by atoms with Crippen LogP contribution in [0.5, 0.6) is 17.2 Å². The van der Waals surface area contributed by atoms with Crippen LogP contribution in [-0.4, -0.2) is 32.9 Å². The van der Waals surface area contributed by atoms with E-state index in [2.05, 4.69) is 10.3 Å². The molecule has 0 atom stereocenters. The van der Waals surface area contributed by atoms with Gasteiger partial charge in [0, 0.05) is 23.0 Å². The van der Waals surface area contributed by atoms with Gasteiger partial charge in [0.05, 0.1) is 21.3 Å². The normalized spacial score (nSPS) is 10.8. The van der Waals surface area contributed by atoms with E-state index in [0.29, 0.717) is 17.9 Å². The molecule has 0 saturated carbocycles. The van der Waals surface area contributed by atoms with Gasteiger partial charge in [-0.15, -0.1) is 0 Å². The lowest BCUT2D eigenvalue weighted by atomic mass is 10.1. The maximum atomic E-state index is 12.2. The molecule has 3 rings (SSSR count). The van der Waals surface area contributed by atoms with Gasteiger partial charge in [0.1, 0.15) is 5.75 Å². The minimum atomic E-state index is -0.0775. The number of benzene rings is 2. The standard InChI is InChI=1S/C21H24N2O4/c1-25-17-5-6-18-15(12-17)11-16(21(24)23-18)13-22-9-8-14-4-7-19(26-2)20(10-14)27-3/h4-7,10-12,22H,8-9,13H2,1-3H3,(H,23,24). The summed E-state index contributed by atoms with van der Waals surface area (Å²) in [6.07, 6.45) is 0.819. The second-order valence-corrected chi connectivity index (χ2v) is 6.19. The second kappa shape index (κ2) is 8.60. The van der Waals surface area contributed by atoms with Crippen molar-refractivity contribution in [2.24, 2.45) is 0 Å². The lowest BCUT2D eigenvalue weighted by Crippen LogP contribution is -2.22. The molecule has 27 heavy (non-hydrogen) atoms. The monoisotopic (exact) mass is 368 g/mol. The summed E-state index contributed by atoms with van der Waals surface area (Å²) in [5, 5.41) is 4.28. The number of hydrogen-bond donors (Lipinski definition) is 2. The number of aromatic nitrogens is 1. The van der Waals surface area contributed by atoms with Crippen LogP contribution in [0.15, 0.2) is 47.3 Å². The summed E-state index contributed by atoms with van der Waals surface area (Å²) in [6.45, 7) is 1.24. The number of pyridine rings is 1. The fraction of sp³-hybridized carbons (Fsp3) is 0.286. The van der Waals surface area contributed by atoms with E-state index in [1.54, 1.807) is 21.3 Å². The van der Waals surface area contributed by atoms with Crippen molar-refractivity contribution >= 4 is 10.9 Å². The van der Waals surface area contributed by atoms with E-state index in [0.717, 1.165) is 40.9 Å². The van der Waals surface area contributed by atoms with Gasteiger partial charge in [0.2, 0.25) is 0 Å². The Labute approximate surface area is 158 Å². The first-order chi connectivity index (χ1) is 13.1. The number of rotatable bonds is 8. The first-order valence-electron chi connectivity index (χ1n) is 8.76. The van der Waals surface area contributed by atoms with Crippen molar-refractivity contribution in [2.75, 3.05) is 27.9 Å². The molecule has 0 radical (unpaired) electrons. The molecule has 0 bridgehead atoms. The largest absolute Gasteiger partial charge is 0.497 e. The Bertz CT molecular complexity index is 982. The quantitative estimate of drug-likeness (QED) is 0.598. The van der Waals surface area contributed by atoms with Crippen LogP contribution in [0.25, 0.3) is 10.9 Å². The molecule has 0 unspecified atom stereocenters. The number of fused-ring (bicyclic) bond motifs is 1. The molecule has 1 heterocycles. The van der Waals surface area contributed by atoms with Gasteiger partial charge in [-0.05, 0) is 54.9 Å². The molecule has 3 aromatic rings. The Kier molecular flexibility index (Phi) is 5.98. The fourth-order valence-electron chi connectivity index (χ4n) is 2.98. The Morgan fingerprint density at radius 3 is 2.48 bits per heavy atom. The third kappa shape index (κ3) is 4.41. The van der Waals surface area contributed by atoms with Crippen LogP contribution in [0.3, 0.4) is 0 Å². The van der Waals surface area contributed by atoms with E-state index in [9.17, 15) is 4.79 Å². The zero-order valence-electron chi connectivity index (χ0n) is 15.8. The van der Waals surface area contributed by atoms with Gasteiger partial charge in [-0.3, -0.25) is 4.79 Å². The lowest BCUT2D eigenvalue weighted by molar-refractivity contribution is 0.354. The predicted octanol–water partition coefficient (Wildman–Crippen LogP) is 2.89. The number of nitrogens with one attached hydrogen (secondary N) is 2. The number of aromatic amines is 1. The van der Waals surface area contributed by atoms with Crippen LogP contribution < -0.4 is 25.1 Å². The van der Waals surface area contributed by atoms with Gasteiger partial charge in [0.15, 0.2) is 11.5 Å². The first-order valence-corrected chi connectivity index (χ1v) is 8.76. The topological polar surface area (TPSA) is 72.6 Å². The van der Waals surface area contributed by atoms with Crippen molar-refractivity contribution in [1.82, 2.24) is 10.3 Å². The summed E-state index contributed by atoms with van der Waals surface area (Å²) >= 11 is 0. The van der Waals surface area contributed by atoms with Crippen molar-refractivity contribution in [3.63, 3.8) is 0 Å². The Morgan fingerprint density at radius 1 is 0.926 bits per heavy atom. The van der Waals surface area contributed by atoms with Gasteiger partial charge in [0.25, 0.3) is 5.56 Å². The van der Waals surface area contributed by atoms with Crippen molar-refractivity contribution < 1.29 is 14.2 Å². The Hall–Kier alpha value is -2.99. The number of ether oxygens (including phenoxy) is 3. The lowest BCUT2D eigenvalue weighted by Gasteiger charge is -2.10. The SMILES string of the molecule is COc1ccc2[nH]c(=O)c(CNCCc3ccc(OC)c(OC)c3)cc2c1. The molecule has 0 saturated heterocycles. The average molecular weight is 368 g/mol. The molecule has 142 valence electrons. The van der Waals surface area contributed by atoms with Gasteiger partial charge >= 0.3 is 0 Å². The molecule has 0 aliphatic heterocycles. The molecule has 6 nitrogen and oxygen atoms in total. The van der Waals surface area contributed by atoms with E-state index < -0.39 is 0 Å². The van der Waals surface area contributed by atoms with E-state index in [4.69, 9.17) is 14.2 Å². The molecule has 0 amide bonds. The highest BCUT2D eigenvalue weighted by molar-refractivity contribution is 5.80. The molecule has 6 heteroatoms. The van der Waals surface area contributed by atoms with Crippen LogP contribution in [0, 0.1) is 0 Å².